The molecule has 3 rings (SSSR count). The van der Waals surface area contributed by atoms with Gasteiger partial charge in [0.15, 0.2) is 0 Å². The van der Waals surface area contributed by atoms with Crippen LogP contribution in [0.2, 0.25) is 10.0 Å². The van der Waals surface area contributed by atoms with E-state index in [1.165, 1.54) is 6.07 Å². The fraction of sp³-hybridized carbons (Fsp3) is 0.0909. The molecule has 0 radical (unpaired) electrons. The molecular formula is C22H15Cl2FN2O2. The van der Waals surface area contributed by atoms with Crippen LogP contribution in [0.25, 0.3) is 0 Å². The predicted octanol–water partition coefficient (Wildman–Crippen LogP) is 6.03. The summed E-state index contributed by atoms with van der Waals surface area (Å²) in [4.78, 5) is 12.6. The van der Waals surface area contributed by atoms with Crippen LogP contribution < -0.4 is 10.1 Å². The molecule has 0 fully saturated rings. The Labute approximate surface area is 177 Å². The van der Waals surface area contributed by atoms with E-state index in [0.717, 1.165) is 17.2 Å². The minimum Gasteiger partial charge on any atom is -0.489 e. The van der Waals surface area contributed by atoms with Gasteiger partial charge < -0.3 is 10.1 Å². The molecule has 0 atom stereocenters. The molecule has 0 aromatic heterocycles. The minimum atomic E-state index is -0.724. The van der Waals surface area contributed by atoms with Gasteiger partial charge in [0.05, 0.1) is 28.1 Å². The lowest BCUT2D eigenvalue weighted by atomic mass is 10.1. The first-order valence-corrected chi connectivity index (χ1v) is 9.36. The molecule has 146 valence electrons. The Bertz CT molecular complexity index is 1080. The number of ether oxygens (including phenoxy) is 1. The molecule has 0 aliphatic carbocycles. The van der Waals surface area contributed by atoms with Crippen LogP contribution in [-0.2, 0) is 13.0 Å². The van der Waals surface area contributed by atoms with Crippen molar-refractivity contribution in [1.29, 1.82) is 5.26 Å². The summed E-state index contributed by atoms with van der Waals surface area (Å²) in [5, 5.41) is 11.4. The highest BCUT2D eigenvalue weighted by Gasteiger charge is 2.16. The highest BCUT2D eigenvalue weighted by Crippen LogP contribution is 2.26. The van der Waals surface area contributed by atoms with E-state index in [4.69, 9.17) is 33.2 Å². The van der Waals surface area contributed by atoms with Crippen LogP contribution in [0.1, 0.15) is 21.5 Å². The fourth-order valence-corrected chi connectivity index (χ4v) is 3.08. The van der Waals surface area contributed by atoms with Crippen molar-refractivity contribution in [2.45, 2.75) is 13.0 Å². The number of rotatable bonds is 6. The molecule has 0 aliphatic heterocycles. The quantitative estimate of drug-likeness (QED) is 0.487. The third-order valence-electron chi connectivity index (χ3n) is 4.12. The van der Waals surface area contributed by atoms with Crippen LogP contribution in [0.5, 0.6) is 5.75 Å². The predicted molar refractivity (Wildman–Crippen MR) is 111 cm³/mol. The number of nitrogens with zero attached hydrogens (tertiary/aromatic N) is 1. The molecule has 0 spiro atoms. The lowest BCUT2D eigenvalue weighted by molar-refractivity contribution is 0.102. The SMILES string of the molecule is N#CCc1ccc(OCc2ccccc2NC(=O)c2cc(F)c(Cl)cc2Cl)cc1. The zero-order chi connectivity index (χ0) is 20.8. The van der Waals surface area contributed by atoms with Crippen LogP contribution in [-0.4, -0.2) is 5.91 Å². The summed E-state index contributed by atoms with van der Waals surface area (Å²) in [5.41, 5.74) is 2.13. The normalized spacial score (nSPS) is 10.3. The Morgan fingerprint density at radius 2 is 1.79 bits per heavy atom. The molecule has 0 saturated heterocycles. The Balaban J connectivity index is 1.73. The summed E-state index contributed by atoms with van der Waals surface area (Å²) in [7, 11) is 0. The Morgan fingerprint density at radius 3 is 2.52 bits per heavy atom. The first-order chi connectivity index (χ1) is 14.0. The largest absolute Gasteiger partial charge is 0.489 e. The number of anilines is 1. The highest BCUT2D eigenvalue weighted by molar-refractivity contribution is 6.37. The topological polar surface area (TPSA) is 62.1 Å². The maximum atomic E-state index is 13.7. The van der Waals surface area contributed by atoms with Gasteiger partial charge >= 0.3 is 0 Å². The van der Waals surface area contributed by atoms with Gasteiger partial charge in [-0.3, -0.25) is 4.79 Å². The van der Waals surface area contributed by atoms with Crippen molar-refractivity contribution in [2.24, 2.45) is 0 Å². The molecule has 0 unspecified atom stereocenters. The average molecular weight is 429 g/mol. The molecule has 1 amide bonds. The van der Waals surface area contributed by atoms with Crippen molar-refractivity contribution in [3.8, 4) is 11.8 Å². The number of para-hydroxylation sites is 1. The number of benzene rings is 3. The van der Waals surface area contributed by atoms with E-state index in [2.05, 4.69) is 11.4 Å². The first kappa shape index (κ1) is 20.7. The monoisotopic (exact) mass is 428 g/mol. The number of carbonyl (C=O) groups excluding carboxylic acids is 1. The summed E-state index contributed by atoms with van der Waals surface area (Å²) >= 11 is 11.7. The number of halogens is 3. The molecule has 0 bridgehead atoms. The molecule has 0 heterocycles. The summed E-state index contributed by atoms with van der Waals surface area (Å²) in [6.45, 7) is 0.205. The number of hydrogen-bond acceptors (Lipinski definition) is 3. The zero-order valence-corrected chi connectivity index (χ0v) is 16.6. The first-order valence-electron chi connectivity index (χ1n) is 8.60. The van der Waals surface area contributed by atoms with E-state index in [1.54, 1.807) is 24.3 Å². The van der Waals surface area contributed by atoms with Crippen molar-refractivity contribution < 1.29 is 13.9 Å². The second-order valence-corrected chi connectivity index (χ2v) is 6.94. The van der Waals surface area contributed by atoms with Gasteiger partial charge in [-0.1, -0.05) is 53.5 Å². The van der Waals surface area contributed by atoms with Gasteiger partial charge in [-0.15, -0.1) is 0 Å². The lowest BCUT2D eigenvalue weighted by Crippen LogP contribution is -2.15. The lowest BCUT2D eigenvalue weighted by Gasteiger charge is -2.13. The smallest absolute Gasteiger partial charge is 0.257 e. The van der Waals surface area contributed by atoms with Crippen LogP contribution in [0.4, 0.5) is 10.1 Å². The van der Waals surface area contributed by atoms with Crippen LogP contribution >= 0.6 is 23.2 Å². The van der Waals surface area contributed by atoms with Gasteiger partial charge in [0, 0.05) is 11.3 Å². The molecule has 3 aromatic carbocycles. The van der Waals surface area contributed by atoms with E-state index in [0.29, 0.717) is 17.9 Å². The van der Waals surface area contributed by atoms with Gasteiger partial charge in [0.1, 0.15) is 18.2 Å². The fourth-order valence-electron chi connectivity index (χ4n) is 2.61. The average Bonchev–Trinajstić information content (AvgIpc) is 2.71. The van der Waals surface area contributed by atoms with Gasteiger partial charge in [-0.05, 0) is 35.9 Å². The summed E-state index contributed by atoms with van der Waals surface area (Å²) in [6, 6.07) is 18.6. The number of hydrogen-bond donors (Lipinski definition) is 1. The van der Waals surface area contributed by atoms with Crippen LogP contribution in [0.15, 0.2) is 60.7 Å². The number of nitrogens with one attached hydrogen (secondary N) is 1. The zero-order valence-electron chi connectivity index (χ0n) is 15.1. The maximum absolute atomic E-state index is 13.7. The second-order valence-electron chi connectivity index (χ2n) is 6.12. The molecule has 7 heteroatoms. The van der Waals surface area contributed by atoms with Crippen molar-refractivity contribution in [1.82, 2.24) is 0 Å². The third kappa shape index (κ3) is 5.26. The molecule has 1 N–H and O–H groups in total. The van der Waals surface area contributed by atoms with Gasteiger partial charge in [0.2, 0.25) is 0 Å². The van der Waals surface area contributed by atoms with E-state index in [1.807, 2.05) is 24.3 Å². The molecule has 0 aliphatic rings. The maximum Gasteiger partial charge on any atom is 0.257 e. The second kappa shape index (κ2) is 9.42. The molecule has 4 nitrogen and oxygen atoms in total. The summed E-state index contributed by atoms with van der Waals surface area (Å²) in [6.07, 6.45) is 0.336. The molecule has 3 aromatic rings. The number of amides is 1. The van der Waals surface area contributed by atoms with Crippen LogP contribution in [0, 0.1) is 17.1 Å². The molecule has 0 saturated carbocycles. The van der Waals surface area contributed by atoms with Gasteiger partial charge in [-0.25, -0.2) is 4.39 Å². The highest BCUT2D eigenvalue weighted by atomic mass is 35.5. The van der Waals surface area contributed by atoms with Gasteiger partial charge in [-0.2, -0.15) is 5.26 Å². The van der Waals surface area contributed by atoms with E-state index < -0.39 is 11.7 Å². The molecular weight excluding hydrogens is 414 g/mol. The Morgan fingerprint density at radius 1 is 1.07 bits per heavy atom. The van der Waals surface area contributed by atoms with E-state index in [-0.39, 0.29) is 22.2 Å². The number of carbonyl (C=O) groups is 1. The van der Waals surface area contributed by atoms with Crippen molar-refractivity contribution in [3.05, 3.63) is 93.2 Å². The van der Waals surface area contributed by atoms with Crippen molar-refractivity contribution >= 4 is 34.8 Å². The Kier molecular flexibility index (Phi) is 6.71. The van der Waals surface area contributed by atoms with Crippen molar-refractivity contribution in [3.63, 3.8) is 0 Å². The van der Waals surface area contributed by atoms with E-state index >= 15 is 0 Å². The van der Waals surface area contributed by atoms with Crippen molar-refractivity contribution in [2.75, 3.05) is 5.32 Å². The summed E-state index contributed by atoms with van der Waals surface area (Å²) in [5.74, 6) is -0.646. The van der Waals surface area contributed by atoms with E-state index in [9.17, 15) is 9.18 Å². The van der Waals surface area contributed by atoms with Gasteiger partial charge in [0.25, 0.3) is 5.91 Å². The molecule has 29 heavy (non-hydrogen) atoms. The number of nitriles is 1. The third-order valence-corrected chi connectivity index (χ3v) is 4.72. The van der Waals surface area contributed by atoms with Crippen LogP contribution in [0.3, 0.4) is 0 Å². The standard InChI is InChI=1S/C22H15Cl2FN2O2/c23-18-12-19(24)20(25)11-17(18)22(28)27-21-4-2-1-3-15(21)13-29-16-7-5-14(6-8-16)9-10-26/h1-8,11-12H,9,13H2,(H,27,28). The summed E-state index contributed by atoms with van der Waals surface area (Å²) < 4.78 is 19.5. The minimum absolute atomic E-state index is 0.0163. The Hall–Kier alpha value is -3.07.